The van der Waals surface area contributed by atoms with Gasteiger partial charge < -0.3 is 14.6 Å². The molecule has 0 aliphatic rings. The summed E-state index contributed by atoms with van der Waals surface area (Å²) < 4.78 is 42.6. The molecule has 2 rings (SSSR count). The van der Waals surface area contributed by atoms with Crippen LogP contribution in [-0.4, -0.2) is 15.9 Å². The minimum Gasteiger partial charge on any atom is -0.545 e. The van der Waals surface area contributed by atoms with E-state index < -0.39 is 44.8 Å². The molecule has 7 nitrogen and oxygen atoms in total. The zero-order valence-electron chi connectivity index (χ0n) is 12.3. The van der Waals surface area contributed by atoms with Crippen LogP contribution in [0.25, 0.3) is 0 Å². The van der Waals surface area contributed by atoms with E-state index in [1.165, 1.54) is 0 Å². The Morgan fingerprint density at radius 1 is 1.28 bits per heavy atom. The maximum Gasteiger partial charge on any atom is 1.00 e. The first-order valence-corrected chi connectivity index (χ1v) is 6.38. The van der Waals surface area contributed by atoms with Crippen LogP contribution in [0.5, 0.6) is 11.6 Å². The Balaban J connectivity index is 0.00000312. The summed E-state index contributed by atoms with van der Waals surface area (Å²) in [5.41, 5.74) is -2.59. The van der Waals surface area contributed by atoms with Crippen LogP contribution in [0.15, 0.2) is 30.5 Å². The minimum absolute atomic E-state index is 0. The number of carbonyl (C=O) groups excluding carboxylic acids is 1. The van der Waals surface area contributed by atoms with Gasteiger partial charge in [0, 0.05) is 12.3 Å². The maximum absolute atomic E-state index is 12.5. The van der Waals surface area contributed by atoms with Gasteiger partial charge in [0.05, 0.1) is 22.0 Å². The number of hydrogen-bond acceptors (Lipinski definition) is 6. The van der Waals surface area contributed by atoms with Crippen LogP contribution in [0.1, 0.15) is 15.9 Å². The minimum atomic E-state index is -4.65. The largest absolute Gasteiger partial charge is 1.00 e. The van der Waals surface area contributed by atoms with Gasteiger partial charge in [-0.25, -0.2) is 4.98 Å². The first kappa shape index (κ1) is 21.8. The van der Waals surface area contributed by atoms with Gasteiger partial charge in [-0.2, -0.15) is 13.2 Å². The number of nitrogens with zero attached hydrogens (tertiary/aromatic N) is 2. The number of ether oxygens (including phenoxy) is 1. The summed E-state index contributed by atoms with van der Waals surface area (Å²) in [6.07, 6.45) is -4.17. The van der Waals surface area contributed by atoms with Crippen LogP contribution in [0.4, 0.5) is 18.9 Å². The molecule has 12 heteroatoms. The SMILES string of the molecule is O=C([O-])c1cc(Oc2ncc(C(F)(F)F)cc2Cl)ccc1[N+](=O)[O-].[K+]. The van der Waals surface area contributed by atoms with Gasteiger partial charge in [0.2, 0.25) is 5.88 Å². The van der Waals surface area contributed by atoms with Crippen molar-refractivity contribution in [2.45, 2.75) is 6.18 Å². The molecule has 0 fully saturated rings. The molecule has 25 heavy (non-hydrogen) atoms. The molecule has 1 aromatic heterocycles. The Kier molecular flexibility index (Phi) is 7.35. The smallest absolute Gasteiger partial charge is 0.545 e. The Bertz CT molecular complexity index is 832. The number of halogens is 4. The summed E-state index contributed by atoms with van der Waals surface area (Å²) in [5, 5.41) is 21.2. The fraction of sp³-hybridized carbons (Fsp3) is 0.0769. The number of benzene rings is 1. The average molecular weight is 401 g/mol. The summed E-state index contributed by atoms with van der Waals surface area (Å²) in [7, 11) is 0. The van der Waals surface area contributed by atoms with Crippen LogP contribution in [0, 0.1) is 10.1 Å². The van der Waals surface area contributed by atoms with Crippen molar-refractivity contribution in [3.05, 3.63) is 56.7 Å². The normalized spacial score (nSPS) is 10.7. The summed E-state index contributed by atoms with van der Waals surface area (Å²) in [5.74, 6) is -2.48. The molecule has 0 radical (unpaired) electrons. The van der Waals surface area contributed by atoms with Crippen LogP contribution >= 0.6 is 11.6 Å². The van der Waals surface area contributed by atoms with Crippen molar-refractivity contribution in [3.63, 3.8) is 0 Å². The molecule has 2 aromatic rings. The quantitative estimate of drug-likeness (QED) is 0.400. The van der Waals surface area contributed by atoms with E-state index in [1.807, 2.05) is 0 Å². The monoisotopic (exact) mass is 400 g/mol. The van der Waals surface area contributed by atoms with Crippen LogP contribution in [-0.2, 0) is 6.18 Å². The van der Waals surface area contributed by atoms with Gasteiger partial charge in [0.1, 0.15) is 10.8 Å². The fourth-order valence-electron chi connectivity index (χ4n) is 1.67. The van der Waals surface area contributed by atoms with Gasteiger partial charge in [-0.05, 0) is 18.2 Å². The molecule has 0 amide bonds. The number of aromatic carboxylic acids is 1. The molecule has 0 atom stereocenters. The van der Waals surface area contributed by atoms with Gasteiger partial charge in [0.25, 0.3) is 5.69 Å². The second-order valence-corrected chi connectivity index (χ2v) is 4.74. The third kappa shape index (κ3) is 5.36. The molecule has 1 heterocycles. The number of rotatable bonds is 4. The van der Waals surface area contributed by atoms with Crippen molar-refractivity contribution in [1.82, 2.24) is 4.98 Å². The van der Waals surface area contributed by atoms with Crippen LogP contribution in [0.2, 0.25) is 5.02 Å². The van der Waals surface area contributed by atoms with Gasteiger partial charge >= 0.3 is 57.6 Å². The maximum atomic E-state index is 12.5. The van der Waals surface area contributed by atoms with E-state index in [0.29, 0.717) is 12.3 Å². The van der Waals surface area contributed by atoms with Crippen molar-refractivity contribution < 1.29 is 84.1 Å². The van der Waals surface area contributed by atoms with E-state index >= 15 is 0 Å². The second-order valence-electron chi connectivity index (χ2n) is 4.33. The van der Waals surface area contributed by atoms with Crippen molar-refractivity contribution >= 4 is 23.3 Å². The second kappa shape index (κ2) is 8.42. The molecule has 0 unspecified atom stereocenters. The van der Waals surface area contributed by atoms with E-state index in [1.54, 1.807) is 0 Å². The zero-order chi connectivity index (χ0) is 18.1. The van der Waals surface area contributed by atoms with E-state index in [-0.39, 0.29) is 57.1 Å². The third-order valence-electron chi connectivity index (χ3n) is 2.73. The number of alkyl halides is 3. The van der Waals surface area contributed by atoms with Crippen LogP contribution in [0.3, 0.4) is 0 Å². The number of aromatic nitrogens is 1. The van der Waals surface area contributed by atoms with Gasteiger partial charge in [-0.15, -0.1) is 0 Å². The fourth-order valence-corrected chi connectivity index (χ4v) is 1.87. The van der Waals surface area contributed by atoms with E-state index in [9.17, 15) is 33.2 Å². The predicted molar refractivity (Wildman–Crippen MR) is 71.7 cm³/mol. The number of pyridine rings is 1. The number of hydrogen-bond donors (Lipinski definition) is 0. The predicted octanol–water partition coefficient (Wildman–Crippen LogP) is -0.178. The molecule has 126 valence electrons. The number of nitro groups is 1. The molecule has 0 bridgehead atoms. The Morgan fingerprint density at radius 2 is 1.92 bits per heavy atom. The molecule has 0 saturated heterocycles. The molecule has 0 aliphatic carbocycles. The van der Waals surface area contributed by atoms with Gasteiger partial charge in [-0.3, -0.25) is 10.1 Å². The topological polar surface area (TPSA) is 105 Å². The average Bonchev–Trinajstić information content (AvgIpc) is 2.47. The standard InChI is InChI=1S/C13H6ClF3N2O5.K/c14-9-3-6(13(15,16)17)5-18-11(9)24-7-1-2-10(19(22)23)8(4-7)12(20)21;/h1-5H,(H,20,21);/q;+1/p-1. The van der Waals surface area contributed by atoms with E-state index in [2.05, 4.69) is 4.98 Å². The Morgan fingerprint density at radius 3 is 2.40 bits per heavy atom. The van der Waals surface area contributed by atoms with Gasteiger partial charge in [-0.1, -0.05) is 11.6 Å². The van der Waals surface area contributed by atoms with Crippen molar-refractivity contribution in [1.29, 1.82) is 0 Å². The summed E-state index contributed by atoms with van der Waals surface area (Å²) in [6, 6.07) is 3.25. The number of nitro benzene ring substituents is 1. The molecular weight excluding hydrogens is 396 g/mol. The number of carbonyl (C=O) groups is 1. The van der Waals surface area contributed by atoms with E-state index in [0.717, 1.165) is 18.2 Å². The Hall–Kier alpha value is -1.24. The summed E-state index contributed by atoms with van der Waals surface area (Å²) in [4.78, 5) is 24.1. The first-order chi connectivity index (χ1) is 11.1. The molecule has 0 spiro atoms. The van der Waals surface area contributed by atoms with Crippen molar-refractivity contribution in [2.24, 2.45) is 0 Å². The molecular formula is C13H5ClF3KN2O5. The molecule has 0 N–H and O–H groups in total. The number of carboxylic acid groups (broad SMARTS) is 1. The van der Waals surface area contributed by atoms with Gasteiger partial charge in [0.15, 0.2) is 0 Å². The van der Waals surface area contributed by atoms with Crippen LogP contribution < -0.4 is 61.2 Å². The molecule has 0 saturated carbocycles. The zero-order valence-corrected chi connectivity index (χ0v) is 16.2. The first-order valence-electron chi connectivity index (χ1n) is 6.00. The number of carboxylic acids is 1. The molecule has 1 aromatic carbocycles. The van der Waals surface area contributed by atoms with Crippen molar-refractivity contribution in [3.8, 4) is 11.6 Å². The summed E-state index contributed by atoms with van der Waals surface area (Å²) in [6.45, 7) is 0. The summed E-state index contributed by atoms with van der Waals surface area (Å²) >= 11 is 5.65. The Labute approximate surface area is 185 Å². The molecule has 0 aliphatic heterocycles. The van der Waals surface area contributed by atoms with E-state index in [4.69, 9.17) is 16.3 Å². The third-order valence-corrected chi connectivity index (χ3v) is 3.00. The van der Waals surface area contributed by atoms with Crippen molar-refractivity contribution in [2.75, 3.05) is 0 Å².